The normalized spacial score (nSPS) is 18.1. The minimum Gasteiger partial charge on any atom is -0.490 e. The number of allylic oxidation sites excluding steroid dienone is 4. The first kappa shape index (κ1) is 36.9. The number of nitrogens with one attached hydrogen (secondary N) is 1. The molecule has 14 heteroatoms. The fourth-order valence-corrected chi connectivity index (χ4v) is 7.90. The van der Waals surface area contributed by atoms with Crippen molar-refractivity contribution in [2.45, 2.75) is 62.4 Å². The summed E-state index contributed by atoms with van der Waals surface area (Å²) in [6, 6.07) is 10.2. The molecular formula is C36H38ClN7O4S2. The second kappa shape index (κ2) is 17.0. The number of rotatable bonds is 13. The number of aromatic nitrogens is 2. The third-order valence-electron chi connectivity index (χ3n) is 8.30. The number of nitrogens with two attached hydrogens (primary N) is 1. The number of nitrogens with zero attached hydrogens (tertiary/aromatic N) is 5. The van der Waals surface area contributed by atoms with E-state index in [0.29, 0.717) is 44.6 Å². The second-order valence-corrected chi connectivity index (χ2v) is 14.4. The molecule has 3 aromatic rings. The molecule has 260 valence electrons. The van der Waals surface area contributed by atoms with Crippen molar-refractivity contribution in [3.63, 3.8) is 0 Å². The van der Waals surface area contributed by atoms with Crippen LogP contribution in [0.3, 0.4) is 0 Å². The molecule has 1 fully saturated rings. The number of ether oxygens (including phenoxy) is 2. The van der Waals surface area contributed by atoms with Crippen molar-refractivity contribution >= 4 is 52.4 Å². The first-order valence-electron chi connectivity index (χ1n) is 16.3. The van der Waals surface area contributed by atoms with Crippen LogP contribution < -0.4 is 20.7 Å². The Morgan fingerprint density at radius 2 is 1.86 bits per heavy atom. The summed E-state index contributed by atoms with van der Waals surface area (Å²) in [5, 5.41) is 27.7. The lowest BCUT2D eigenvalue weighted by molar-refractivity contribution is -0.148. The highest BCUT2D eigenvalue weighted by molar-refractivity contribution is 7.98. The van der Waals surface area contributed by atoms with Gasteiger partial charge in [-0.05, 0) is 56.4 Å². The minimum atomic E-state index is -0.843. The third kappa shape index (κ3) is 8.84. The molecule has 0 saturated carbocycles. The van der Waals surface area contributed by atoms with E-state index in [1.807, 2.05) is 17.5 Å². The number of carbonyl (C=O) groups excluding carboxylic acids is 2. The Morgan fingerprint density at radius 3 is 2.52 bits per heavy atom. The van der Waals surface area contributed by atoms with Crippen molar-refractivity contribution in [2.24, 2.45) is 11.7 Å². The number of thioether (sulfide) groups is 1. The van der Waals surface area contributed by atoms with E-state index in [0.717, 1.165) is 41.7 Å². The van der Waals surface area contributed by atoms with Gasteiger partial charge in [0.05, 0.1) is 17.3 Å². The molecule has 2 aromatic heterocycles. The Hall–Kier alpha value is -4.40. The van der Waals surface area contributed by atoms with Crippen LogP contribution in [0.5, 0.6) is 5.75 Å². The zero-order valence-corrected chi connectivity index (χ0v) is 30.4. The van der Waals surface area contributed by atoms with Crippen LogP contribution in [0.4, 0.5) is 5.82 Å². The topological polar surface area (TPSA) is 167 Å². The maximum atomic E-state index is 12.2. The van der Waals surface area contributed by atoms with Gasteiger partial charge in [-0.2, -0.15) is 10.5 Å². The minimum absolute atomic E-state index is 0.0253. The predicted molar refractivity (Wildman–Crippen MR) is 195 cm³/mol. The molecule has 1 aliphatic heterocycles. The van der Waals surface area contributed by atoms with Gasteiger partial charge in [-0.25, -0.2) is 14.8 Å². The summed E-state index contributed by atoms with van der Waals surface area (Å²) < 4.78 is 11.0. The van der Waals surface area contributed by atoms with Gasteiger partial charge in [0.2, 0.25) is 5.91 Å². The lowest BCUT2D eigenvalue weighted by Gasteiger charge is -2.22. The van der Waals surface area contributed by atoms with Crippen LogP contribution >= 0.6 is 34.7 Å². The maximum absolute atomic E-state index is 12.2. The lowest BCUT2D eigenvalue weighted by atomic mass is 9.90. The van der Waals surface area contributed by atoms with Gasteiger partial charge in [0.15, 0.2) is 0 Å². The van der Waals surface area contributed by atoms with Crippen LogP contribution in [0.15, 0.2) is 57.9 Å². The molecule has 2 aliphatic rings. The van der Waals surface area contributed by atoms with Gasteiger partial charge in [0, 0.05) is 40.7 Å². The molecule has 1 aliphatic carbocycles. The highest BCUT2D eigenvalue weighted by Gasteiger charge is 2.27. The van der Waals surface area contributed by atoms with E-state index in [9.17, 15) is 20.1 Å². The van der Waals surface area contributed by atoms with E-state index in [4.69, 9.17) is 36.8 Å². The van der Waals surface area contributed by atoms with E-state index < -0.39 is 24.0 Å². The molecule has 0 bridgehead atoms. The predicted octanol–water partition coefficient (Wildman–Crippen LogP) is 6.03. The van der Waals surface area contributed by atoms with Crippen LogP contribution in [-0.2, 0) is 20.1 Å². The van der Waals surface area contributed by atoms with Crippen LogP contribution in [0.25, 0.3) is 11.1 Å². The molecule has 1 aromatic carbocycles. The van der Waals surface area contributed by atoms with Crippen LogP contribution in [-0.4, -0.2) is 60.2 Å². The molecule has 1 saturated heterocycles. The monoisotopic (exact) mass is 731 g/mol. The number of esters is 1. The number of hydrogen-bond donors (Lipinski definition) is 2. The number of benzene rings is 1. The molecule has 0 spiro atoms. The van der Waals surface area contributed by atoms with Crippen LogP contribution in [0, 0.1) is 28.6 Å². The van der Waals surface area contributed by atoms with E-state index in [1.54, 1.807) is 35.6 Å². The average molecular weight is 732 g/mol. The standard InChI is InChI=1S/C36H38ClN7O4S2/c1-21-16-25(37)8-11-28(21)34-42-26(19-49-34)20-50-35-30(18-39)31(29(17-38)32(43-35)44-12-4-5-13-44)24-6-9-27(10-7-24)47-14-15-48-36(46)23(3)41-33(45)22(2)40/h6-11,16,19,21-23,28H,4-5,12-15,20,40H2,1-3H3,(H,41,45)/t21?,22-,23-,28?/m0/s1. The zero-order chi connectivity index (χ0) is 35.8. The van der Waals surface area contributed by atoms with Crippen molar-refractivity contribution in [1.29, 1.82) is 10.5 Å². The van der Waals surface area contributed by atoms with Gasteiger partial charge in [0.1, 0.15) is 58.6 Å². The first-order chi connectivity index (χ1) is 24.1. The van der Waals surface area contributed by atoms with Gasteiger partial charge in [0.25, 0.3) is 0 Å². The Morgan fingerprint density at radius 1 is 1.14 bits per heavy atom. The number of pyridine rings is 1. The SMILES string of the molecule is CC1C=C(Cl)C=CC1c1nc(CSc2nc(N3CCCC3)c(C#N)c(-c3ccc(OCCOC(=O)[C@H](C)NC(=O)[C@H](C)N)cc3)c2C#N)cs1. The molecule has 3 heterocycles. The van der Waals surface area contributed by atoms with Crippen molar-refractivity contribution in [2.75, 3.05) is 31.2 Å². The molecule has 11 nitrogen and oxygen atoms in total. The molecule has 1 amide bonds. The van der Waals surface area contributed by atoms with E-state index in [2.05, 4.69) is 35.4 Å². The smallest absolute Gasteiger partial charge is 0.328 e. The van der Waals surface area contributed by atoms with Gasteiger partial charge in [-0.1, -0.05) is 54.6 Å². The van der Waals surface area contributed by atoms with Gasteiger partial charge in [-0.15, -0.1) is 11.3 Å². The van der Waals surface area contributed by atoms with Crippen molar-refractivity contribution < 1.29 is 19.1 Å². The largest absolute Gasteiger partial charge is 0.490 e. The van der Waals surface area contributed by atoms with E-state index in [-0.39, 0.29) is 25.0 Å². The molecule has 5 rings (SSSR count). The summed E-state index contributed by atoms with van der Waals surface area (Å²) in [5.41, 5.74) is 8.33. The zero-order valence-electron chi connectivity index (χ0n) is 28.0. The number of hydrogen-bond acceptors (Lipinski definition) is 12. The van der Waals surface area contributed by atoms with Crippen LogP contribution in [0.1, 0.15) is 61.4 Å². The number of amides is 1. The Labute approximate surface area is 305 Å². The third-order valence-corrected chi connectivity index (χ3v) is 10.6. The van der Waals surface area contributed by atoms with Crippen molar-refractivity contribution in [3.8, 4) is 29.0 Å². The Bertz CT molecular complexity index is 1860. The Kier molecular flexibility index (Phi) is 12.5. The number of anilines is 1. The van der Waals surface area contributed by atoms with Crippen molar-refractivity contribution in [3.05, 3.63) is 74.7 Å². The Balaban J connectivity index is 1.32. The summed E-state index contributed by atoms with van der Waals surface area (Å²) in [4.78, 5) is 35.9. The first-order valence-corrected chi connectivity index (χ1v) is 18.6. The molecule has 2 unspecified atom stereocenters. The fourth-order valence-electron chi connectivity index (χ4n) is 5.63. The lowest BCUT2D eigenvalue weighted by Crippen LogP contribution is -2.46. The van der Waals surface area contributed by atoms with Crippen LogP contribution in [0.2, 0.25) is 0 Å². The summed E-state index contributed by atoms with van der Waals surface area (Å²) in [6.07, 6.45) is 8.04. The maximum Gasteiger partial charge on any atom is 0.328 e. The molecule has 3 N–H and O–H groups in total. The summed E-state index contributed by atoms with van der Waals surface area (Å²) in [7, 11) is 0. The van der Waals surface area contributed by atoms with Crippen molar-refractivity contribution in [1.82, 2.24) is 15.3 Å². The quantitative estimate of drug-likeness (QED) is 0.120. The second-order valence-electron chi connectivity index (χ2n) is 12.1. The highest BCUT2D eigenvalue weighted by atomic mass is 35.5. The average Bonchev–Trinajstić information content (AvgIpc) is 3.82. The number of halogens is 1. The highest BCUT2D eigenvalue weighted by Crippen LogP contribution is 2.40. The molecule has 0 radical (unpaired) electrons. The van der Waals surface area contributed by atoms with Gasteiger partial charge < -0.3 is 25.4 Å². The van der Waals surface area contributed by atoms with Gasteiger partial charge in [-0.3, -0.25) is 4.79 Å². The van der Waals surface area contributed by atoms with E-state index >= 15 is 0 Å². The van der Waals surface area contributed by atoms with Gasteiger partial charge >= 0.3 is 5.97 Å². The fraction of sp³-hybridized carbons (Fsp3) is 0.389. The molecular weight excluding hydrogens is 694 g/mol. The number of thiazole rings is 1. The molecule has 4 atom stereocenters. The number of nitriles is 2. The summed E-state index contributed by atoms with van der Waals surface area (Å²) in [5.74, 6) is 0.959. The molecule has 50 heavy (non-hydrogen) atoms. The number of carbonyl (C=O) groups is 2. The summed E-state index contributed by atoms with van der Waals surface area (Å²) >= 11 is 9.24. The van der Waals surface area contributed by atoms with E-state index in [1.165, 1.54) is 25.6 Å². The summed E-state index contributed by atoms with van der Waals surface area (Å²) in [6.45, 7) is 6.80.